The first kappa shape index (κ1) is 12.0. The Morgan fingerprint density at radius 3 is 2.53 bits per heavy atom. The van der Waals surface area contributed by atoms with Gasteiger partial charge in [-0.1, -0.05) is 0 Å². The lowest BCUT2D eigenvalue weighted by atomic mass is 10.0. The van der Waals surface area contributed by atoms with E-state index in [1.807, 2.05) is 13.8 Å². The summed E-state index contributed by atoms with van der Waals surface area (Å²) < 4.78 is 0. The van der Waals surface area contributed by atoms with E-state index in [0.717, 1.165) is 54.6 Å². The molecule has 1 aliphatic heterocycles. The normalized spacial score (nSPS) is 20.4. The molecule has 1 aromatic rings. The van der Waals surface area contributed by atoms with E-state index in [1.54, 1.807) is 0 Å². The number of aldehydes is 1. The van der Waals surface area contributed by atoms with Crippen LogP contribution in [0.4, 0.5) is 11.4 Å². The zero-order chi connectivity index (χ0) is 12.4. The maximum absolute atomic E-state index is 11.1. The van der Waals surface area contributed by atoms with Gasteiger partial charge in [0, 0.05) is 17.9 Å². The van der Waals surface area contributed by atoms with Crippen LogP contribution in [0, 0.1) is 13.8 Å². The number of anilines is 2. The van der Waals surface area contributed by atoms with Crippen molar-refractivity contribution >= 4 is 17.7 Å². The number of carbonyl (C=O) groups is 1. The van der Waals surface area contributed by atoms with Crippen LogP contribution >= 0.6 is 0 Å². The number of carbonyl (C=O) groups excluding carboxylic acids is 1. The van der Waals surface area contributed by atoms with Crippen LogP contribution in [-0.4, -0.2) is 18.9 Å². The van der Waals surface area contributed by atoms with Gasteiger partial charge in [0.1, 0.15) is 6.29 Å². The zero-order valence-corrected chi connectivity index (χ0v) is 10.6. The molecule has 1 saturated heterocycles. The second-order valence-electron chi connectivity index (χ2n) is 4.89. The maximum atomic E-state index is 11.1. The van der Waals surface area contributed by atoms with Gasteiger partial charge in [0.15, 0.2) is 0 Å². The summed E-state index contributed by atoms with van der Waals surface area (Å²) in [5, 5.41) is 0. The molecule has 0 bridgehead atoms. The minimum absolute atomic E-state index is 0.0335. The smallest absolute Gasteiger partial charge is 0.142 e. The zero-order valence-electron chi connectivity index (χ0n) is 10.6. The number of nitrogens with two attached hydrogens (primary N) is 1. The highest BCUT2D eigenvalue weighted by Crippen LogP contribution is 2.29. The minimum atomic E-state index is 0.0335. The third-order valence-electron chi connectivity index (χ3n) is 3.62. The summed E-state index contributed by atoms with van der Waals surface area (Å²) in [6, 6.07) is 4.21. The van der Waals surface area contributed by atoms with E-state index in [4.69, 9.17) is 5.73 Å². The van der Waals surface area contributed by atoms with Gasteiger partial charge in [0.2, 0.25) is 0 Å². The van der Waals surface area contributed by atoms with Gasteiger partial charge in [-0.25, -0.2) is 0 Å². The molecule has 0 radical (unpaired) electrons. The molecule has 2 N–H and O–H groups in total. The number of nitrogens with zero attached hydrogens (tertiary/aromatic N) is 1. The summed E-state index contributed by atoms with van der Waals surface area (Å²) in [7, 11) is 0. The van der Waals surface area contributed by atoms with E-state index in [-0.39, 0.29) is 6.04 Å². The van der Waals surface area contributed by atoms with Gasteiger partial charge >= 0.3 is 0 Å². The summed E-state index contributed by atoms with van der Waals surface area (Å²) in [6.07, 6.45) is 4.34. The molecule has 0 saturated carbocycles. The van der Waals surface area contributed by atoms with Crippen LogP contribution in [0.25, 0.3) is 0 Å². The average Bonchev–Trinajstić information content (AvgIpc) is 2.35. The first-order valence-corrected chi connectivity index (χ1v) is 6.22. The molecule has 0 amide bonds. The van der Waals surface area contributed by atoms with Crippen LogP contribution in [-0.2, 0) is 4.79 Å². The van der Waals surface area contributed by atoms with Gasteiger partial charge in [-0.2, -0.15) is 0 Å². The molecule has 1 atom stereocenters. The molecule has 2 rings (SSSR count). The fraction of sp³-hybridized carbons (Fsp3) is 0.500. The van der Waals surface area contributed by atoms with Crippen molar-refractivity contribution in [2.75, 3.05) is 17.2 Å². The highest BCUT2D eigenvalue weighted by atomic mass is 16.1. The summed E-state index contributed by atoms with van der Waals surface area (Å²) >= 11 is 0. The lowest BCUT2D eigenvalue weighted by molar-refractivity contribution is -0.109. The number of hydrogen-bond acceptors (Lipinski definition) is 3. The van der Waals surface area contributed by atoms with E-state index in [0.29, 0.717) is 0 Å². The minimum Gasteiger partial charge on any atom is -0.398 e. The van der Waals surface area contributed by atoms with Gasteiger partial charge < -0.3 is 15.4 Å². The van der Waals surface area contributed by atoms with Crippen LogP contribution in [0.15, 0.2) is 12.1 Å². The Kier molecular flexibility index (Phi) is 3.36. The molecular formula is C14H20N2O. The quantitative estimate of drug-likeness (QED) is 0.629. The molecule has 92 valence electrons. The Hall–Kier alpha value is -1.51. The van der Waals surface area contributed by atoms with Gasteiger partial charge in [-0.05, 0) is 56.4 Å². The Labute approximate surface area is 103 Å². The summed E-state index contributed by atoms with van der Waals surface area (Å²) in [5.74, 6) is 0. The van der Waals surface area contributed by atoms with Crippen LogP contribution in [0.5, 0.6) is 0 Å². The molecule has 1 aromatic carbocycles. The summed E-state index contributed by atoms with van der Waals surface area (Å²) in [6.45, 7) is 5.00. The van der Waals surface area contributed by atoms with Gasteiger partial charge in [-0.15, -0.1) is 0 Å². The lowest BCUT2D eigenvalue weighted by Gasteiger charge is -2.34. The van der Waals surface area contributed by atoms with Crippen molar-refractivity contribution in [3.05, 3.63) is 23.3 Å². The van der Waals surface area contributed by atoms with Crippen molar-refractivity contribution in [3.63, 3.8) is 0 Å². The highest BCUT2D eigenvalue weighted by molar-refractivity contribution is 5.69. The van der Waals surface area contributed by atoms with Crippen LogP contribution in [0.3, 0.4) is 0 Å². The maximum Gasteiger partial charge on any atom is 0.142 e. The predicted octanol–water partition coefficient (Wildman–Crippen LogP) is 2.44. The van der Waals surface area contributed by atoms with Crippen molar-refractivity contribution < 1.29 is 4.79 Å². The van der Waals surface area contributed by atoms with E-state index in [2.05, 4.69) is 17.0 Å². The number of hydrogen-bond donors (Lipinski definition) is 1. The number of rotatable bonds is 2. The van der Waals surface area contributed by atoms with Crippen LogP contribution < -0.4 is 10.6 Å². The molecule has 0 spiro atoms. The molecule has 0 aromatic heterocycles. The second kappa shape index (κ2) is 4.78. The van der Waals surface area contributed by atoms with Crippen LogP contribution in [0.2, 0.25) is 0 Å². The Balaban J connectivity index is 2.35. The Bertz CT molecular complexity index is 405. The van der Waals surface area contributed by atoms with Gasteiger partial charge in [-0.3, -0.25) is 0 Å². The number of piperidine rings is 1. The molecule has 1 fully saturated rings. The van der Waals surface area contributed by atoms with Crippen molar-refractivity contribution in [1.29, 1.82) is 0 Å². The summed E-state index contributed by atoms with van der Waals surface area (Å²) in [5.41, 5.74) is 10.1. The molecule has 1 aliphatic rings. The first-order valence-electron chi connectivity index (χ1n) is 6.22. The van der Waals surface area contributed by atoms with Gasteiger partial charge in [0.25, 0.3) is 0 Å². The van der Waals surface area contributed by atoms with Crippen molar-refractivity contribution in [2.24, 2.45) is 0 Å². The van der Waals surface area contributed by atoms with E-state index in [9.17, 15) is 4.79 Å². The molecule has 0 aliphatic carbocycles. The molecule has 1 heterocycles. The molecule has 1 unspecified atom stereocenters. The molecule has 17 heavy (non-hydrogen) atoms. The average molecular weight is 232 g/mol. The van der Waals surface area contributed by atoms with Crippen molar-refractivity contribution in [1.82, 2.24) is 0 Å². The van der Waals surface area contributed by atoms with Crippen LogP contribution in [0.1, 0.15) is 30.4 Å². The van der Waals surface area contributed by atoms with E-state index >= 15 is 0 Å². The van der Waals surface area contributed by atoms with E-state index in [1.165, 1.54) is 0 Å². The molecule has 3 nitrogen and oxygen atoms in total. The number of nitrogen functional groups attached to an aromatic ring is 1. The van der Waals surface area contributed by atoms with Gasteiger partial charge in [0.05, 0.1) is 6.04 Å². The summed E-state index contributed by atoms with van der Waals surface area (Å²) in [4.78, 5) is 13.3. The fourth-order valence-corrected chi connectivity index (χ4v) is 2.54. The number of benzene rings is 1. The largest absolute Gasteiger partial charge is 0.398 e. The monoisotopic (exact) mass is 232 g/mol. The Morgan fingerprint density at radius 2 is 1.94 bits per heavy atom. The fourth-order valence-electron chi connectivity index (χ4n) is 2.54. The molecular weight excluding hydrogens is 212 g/mol. The third kappa shape index (κ3) is 2.28. The lowest BCUT2D eigenvalue weighted by Crippen LogP contribution is -2.40. The SMILES string of the molecule is Cc1cc(N2CCCCC2C=O)cc(C)c1N. The predicted molar refractivity (Wildman–Crippen MR) is 71.4 cm³/mol. The Morgan fingerprint density at radius 1 is 1.29 bits per heavy atom. The second-order valence-corrected chi connectivity index (χ2v) is 4.89. The van der Waals surface area contributed by atoms with E-state index < -0.39 is 0 Å². The number of aryl methyl sites for hydroxylation is 2. The first-order chi connectivity index (χ1) is 8.13. The standard InChI is InChI=1S/C14H20N2O/c1-10-7-13(8-11(2)14(10)15)16-6-4-3-5-12(16)9-17/h7-9,12H,3-6,15H2,1-2H3. The van der Waals surface area contributed by atoms with Crippen molar-refractivity contribution in [3.8, 4) is 0 Å². The topological polar surface area (TPSA) is 46.3 Å². The third-order valence-corrected chi connectivity index (χ3v) is 3.62. The van der Waals surface area contributed by atoms with Crippen molar-refractivity contribution in [2.45, 2.75) is 39.2 Å². The highest BCUT2D eigenvalue weighted by Gasteiger charge is 2.22. The molecule has 3 heteroatoms.